The van der Waals surface area contributed by atoms with Gasteiger partial charge in [0.2, 0.25) is 0 Å². The van der Waals surface area contributed by atoms with Gasteiger partial charge in [-0.05, 0) is 33.4 Å². The van der Waals surface area contributed by atoms with Gasteiger partial charge in [0.05, 0.1) is 0 Å². The number of aryl methyl sites for hydroxylation is 1. The standard InChI is InChI=1S/C15H29N5/c1-6-9-16-14-12(4)15(19-13(5)18-14)17-10-11-20(7-2)8-3/h6-11H2,1-5H3,(H2,16,17,18,19). The molecule has 0 aliphatic rings. The number of aromatic nitrogens is 2. The van der Waals surface area contributed by atoms with Gasteiger partial charge in [0, 0.05) is 25.2 Å². The first-order valence-corrected chi connectivity index (χ1v) is 7.67. The highest BCUT2D eigenvalue weighted by molar-refractivity contribution is 5.57. The Labute approximate surface area is 123 Å². The minimum Gasteiger partial charge on any atom is -0.370 e. The number of anilines is 2. The third-order valence-corrected chi connectivity index (χ3v) is 3.41. The summed E-state index contributed by atoms with van der Waals surface area (Å²) in [7, 11) is 0. The molecule has 0 unspecified atom stereocenters. The van der Waals surface area contributed by atoms with Gasteiger partial charge >= 0.3 is 0 Å². The minimum absolute atomic E-state index is 0.805. The Kier molecular flexibility index (Phi) is 7.30. The molecule has 1 aromatic heterocycles. The van der Waals surface area contributed by atoms with Gasteiger partial charge in [0.15, 0.2) is 0 Å². The lowest BCUT2D eigenvalue weighted by Crippen LogP contribution is -2.29. The zero-order chi connectivity index (χ0) is 15.0. The first-order chi connectivity index (χ1) is 9.62. The highest BCUT2D eigenvalue weighted by Gasteiger charge is 2.08. The molecule has 114 valence electrons. The molecule has 0 radical (unpaired) electrons. The molecule has 0 fully saturated rings. The van der Waals surface area contributed by atoms with Crippen LogP contribution in [0.1, 0.15) is 38.6 Å². The van der Waals surface area contributed by atoms with Crippen LogP contribution in [0.25, 0.3) is 0 Å². The average Bonchev–Trinajstić information content (AvgIpc) is 2.45. The fraction of sp³-hybridized carbons (Fsp3) is 0.733. The summed E-state index contributed by atoms with van der Waals surface area (Å²) in [5.74, 6) is 2.70. The van der Waals surface area contributed by atoms with Crippen molar-refractivity contribution in [1.82, 2.24) is 14.9 Å². The van der Waals surface area contributed by atoms with Crippen LogP contribution in [-0.4, -0.2) is 47.6 Å². The molecular formula is C15H29N5. The van der Waals surface area contributed by atoms with Gasteiger partial charge in [0.1, 0.15) is 17.5 Å². The highest BCUT2D eigenvalue weighted by atomic mass is 15.1. The van der Waals surface area contributed by atoms with Crippen LogP contribution in [0.5, 0.6) is 0 Å². The Balaban J connectivity index is 2.67. The van der Waals surface area contributed by atoms with E-state index in [1.807, 2.05) is 6.92 Å². The van der Waals surface area contributed by atoms with E-state index in [1.165, 1.54) is 0 Å². The fourth-order valence-electron chi connectivity index (χ4n) is 2.09. The van der Waals surface area contributed by atoms with Crippen LogP contribution in [0.15, 0.2) is 0 Å². The van der Waals surface area contributed by atoms with E-state index in [9.17, 15) is 0 Å². The Morgan fingerprint density at radius 1 is 0.900 bits per heavy atom. The van der Waals surface area contributed by atoms with Crippen LogP contribution < -0.4 is 10.6 Å². The van der Waals surface area contributed by atoms with E-state index in [-0.39, 0.29) is 0 Å². The van der Waals surface area contributed by atoms with Gasteiger partial charge in [-0.25, -0.2) is 9.97 Å². The van der Waals surface area contributed by atoms with Crippen molar-refractivity contribution in [3.8, 4) is 0 Å². The summed E-state index contributed by atoms with van der Waals surface area (Å²) in [4.78, 5) is 11.4. The van der Waals surface area contributed by atoms with Crippen LogP contribution in [0.3, 0.4) is 0 Å². The van der Waals surface area contributed by atoms with Crippen molar-refractivity contribution in [2.75, 3.05) is 43.4 Å². The van der Waals surface area contributed by atoms with Crippen molar-refractivity contribution in [2.24, 2.45) is 0 Å². The molecule has 5 nitrogen and oxygen atoms in total. The van der Waals surface area contributed by atoms with E-state index >= 15 is 0 Å². The fourth-order valence-corrected chi connectivity index (χ4v) is 2.09. The van der Waals surface area contributed by atoms with Crippen molar-refractivity contribution >= 4 is 11.6 Å². The minimum atomic E-state index is 0.805. The second-order valence-electron chi connectivity index (χ2n) is 4.97. The zero-order valence-electron chi connectivity index (χ0n) is 13.6. The number of hydrogen-bond donors (Lipinski definition) is 2. The average molecular weight is 279 g/mol. The number of nitrogens with one attached hydrogen (secondary N) is 2. The van der Waals surface area contributed by atoms with Crippen LogP contribution in [0, 0.1) is 13.8 Å². The third-order valence-electron chi connectivity index (χ3n) is 3.41. The summed E-state index contributed by atoms with van der Waals surface area (Å²) in [6, 6.07) is 0. The van der Waals surface area contributed by atoms with Crippen molar-refractivity contribution in [2.45, 2.75) is 41.0 Å². The predicted molar refractivity (Wildman–Crippen MR) is 86.6 cm³/mol. The number of likely N-dealkylation sites (N-methyl/N-ethyl adjacent to an activating group) is 1. The van der Waals surface area contributed by atoms with Crippen molar-refractivity contribution < 1.29 is 0 Å². The quantitative estimate of drug-likeness (QED) is 0.728. The van der Waals surface area contributed by atoms with Crippen molar-refractivity contribution in [1.29, 1.82) is 0 Å². The van der Waals surface area contributed by atoms with Crippen LogP contribution in [0.4, 0.5) is 11.6 Å². The maximum absolute atomic E-state index is 4.51. The lowest BCUT2D eigenvalue weighted by molar-refractivity contribution is 0.316. The first kappa shape index (κ1) is 16.7. The van der Waals surface area contributed by atoms with Crippen molar-refractivity contribution in [3.63, 3.8) is 0 Å². The zero-order valence-corrected chi connectivity index (χ0v) is 13.6. The summed E-state index contributed by atoms with van der Waals surface area (Å²) in [5.41, 5.74) is 1.10. The van der Waals surface area contributed by atoms with E-state index in [1.54, 1.807) is 0 Å². The molecule has 0 aliphatic carbocycles. The molecule has 20 heavy (non-hydrogen) atoms. The van der Waals surface area contributed by atoms with Gasteiger partial charge in [-0.3, -0.25) is 0 Å². The normalized spacial score (nSPS) is 10.9. The molecule has 1 rings (SSSR count). The molecule has 0 amide bonds. The van der Waals surface area contributed by atoms with Crippen molar-refractivity contribution in [3.05, 3.63) is 11.4 Å². The Bertz CT molecular complexity index is 401. The molecule has 5 heteroatoms. The second kappa shape index (κ2) is 8.74. The molecule has 0 saturated carbocycles. The largest absolute Gasteiger partial charge is 0.370 e. The lowest BCUT2D eigenvalue weighted by atomic mass is 10.3. The van der Waals surface area contributed by atoms with E-state index in [0.29, 0.717) is 0 Å². The van der Waals surface area contributed by atoms with Gasteiger partial charge in [-0.15, -0.1) is 0 Å². The summed E-state index contributed by atoms with van der Waals surface area (Å²) in [6.45, 7) is 15.6. The second-order valence-corrected chi connectivity index (χ2v) is 4.97. The summed E-state index contributed by atoms with van der Waals surface area (Å²) in [5, 5.41) is 6.80. The van der Waals surface area contributed by atoms with Gasteiger partial charge in [-0.2, -0.15) is 0 Å². The number of rotatable bonds is 9. The van der Waals surface area contributed by atoms with Crippen LogP contribution in [-0.2, 0) is 0 Å². The third kappa shape index (κ3) is 4.96. The topological polar surface area (TPSA) is 53.1 Å². The number of nitrogens with zero attached hydrogens (tertiary/aromatic N) is 3. The summed E-state index contributed by atoms with van der Waals surface area (Å²) >= 11 is 0. The SMILES string of the molecule is CCCNc1nc(C)nc(NCCN(CC)CC)c1C. The number of hydrogen-bond acceptors (Lipinski definition) is 5. The molecule has 0 spiro atoms. The molecule has 1 heterocycles. The van der Waals surface area contributed by atoms with Crippen LogP contribution in [0.2, 0.25) is 0 Å². The molecule has 0 aliphatic heterocycles. The first-order valence-electron chi connectivity index (χ1n) is 7.67. The van der Waals surface area contributed by atoms with Gasteiger partial charge < -0.3 is 15.5 Å². The monoisotopic (exact) mass is 279 g/mol. The van der Waals surface area contributed by atoms with E-state index in [4.69, 9.17) is 0 Å². The smallest absolute Gasteiger partial charge is 0.134 e. The summed E-state index contributed by atoms with van der Waals surface area (Å²) < 4.78 is 0. The van der Waals surface area contributed by atoms with Crippen LogP contribution >= 0.6 is 0 Å². The molecule has 0 aromatic carbocycles. The molecule has 0 saturated heterocycles. The maximum atomic E-state index is 4.51. The van der Waals surface area contributed by atoms with Gasteiger partial charge in [-0.1, -0.05) is 20.8 Å². The van der Waals surface area contributed by atoms with Gasteiger partial charge in [0.25, 0.3) is 0 Å². The molecule has 0 bridgehead atoms. The lowest BCUT2D eigenvalue weighted by Gasteiger charge is -2.19. The van der Waals surface area contributed by atoms with E-state index in [0.717, 1.165) is 62.2 Å². The highest BCUT2D eigenvalue weighted by Crippen LogP contribution is 2.19. The summed E-state index contributed by atoms with van der Waals surface area (Å²) in [6.07, 6.45) is 1.09. The molecular weight excluding hydrogens is 250 g/mol. The molecule has 0 atom stereocenters. The molecule has 1 aromatic rings. The maximum Gasteiger partial charge on any atom is 0.134 e. The predicted octanol–water partition coefficient (Wildman–Crippen LogP) is 2.67. The van der Waals surface area contributed by atoms with E-state index in [2.05, 4.69) is 53.2 Å². The Morgan fingerprint density at radius 3 is 1.95 bits per heavy atom. The Hall–Kier alpha value is -1.36. The molecule has 2 N–H and O–H groups in total. The Morgan fingerprint density at radius 2 is 1.45 bits per heavy atom. The van der Waals surface area contributed by atoms with E-state index < -0.39 is 0 Å².